The summed E-state index contributed by atoms with van der Waals surface area (Å²) >= 11 is 4.89. The minimum atomic E-state index is -0.0630. The van der Waals surface area contributed by atoms with Crippen LogP contribution in [0, 0.1) is 13.8 Å². The second-order valence-corrected chi connectivity index (χ2v) is 8.80. The van der Waals surface area contributed by atoms with E-state index in [-0.39, 0.29) is 5.91 Å². The molecule has 1 fully saturated rings. The Balaban J connectivity index is 1.80. The molecule has 1 aliphatic rings. The lowest BCUT2D eigenvalue weighted by Crippen LogP contribution is -2.28. The molecule has 144 valence electrons. The summed E-state index contributed by atoms with van der Waals surface area (Å²) in [5.74, 6) is -0.0630. The zero-order valence-electron chi connectivity index (χ0n) is 16.1. The molecule has 3 aromatic rings. The van der Waals surface area contributed by atoms with Gasteiger partial charge in [-0.1, -0.05) is 52.3 Å². The van der Waals surface area contributed by atoms with E-state index in [0.717, 1.165) is 32.5 Å². The molecule has 0 atom stereocenters. The number of benzene rings is 3. The Labute approximate surface area is 183 Å². The number of thioether (sulfide) groups is 1. The van der Waals surface area contributed by atoms with E-state index in [4.69, 9.17) is 4.99 Å². The Morgan fingerprint density at radius 3 is 2.38 bits per heavy atom. The number of hydrogen-bond donors (Lipinski definition) is 0. The monoisotopic (exact) mass is 462 g/mol. The van der Waals surface area contributed by atoms with Gasteiger partial charge >= 0.3 is 0 Å². The predicted octanol–water partition coefficient (Wildman–Crippen LogP) is 6.87. The lowest BCUT2D eigenvalue weighted by Gasteiger charge is -2.16. The fourth-order valence-electron chi connectivity index (χ4n) is 3.10. The van der Waals surface area contributed by atoms with Gasteiger partial charge < -0.3 is 0 Å². The smallest absolute Gasteiger partial charge is 0.268 e. The molecule has 0 aliphatic carbocycles. The third kappa shape index (κ3) is 4.52. The summed E-state index contributed by atoms with van der Waals surface area (Å²) in [7, 11) is 0. The van der Waals surface area contributed by atoms with Crippen molar-refractivity contribution < 1.29 is 4.79 Å². The van der Waals surface area contributed by atoms with E-state index in [0.29, 0.717) is 10.1 Å². The molecule has 0 radical (unpaired) electrons. The fourth-order valence-corrected chi connectivity index (χ4v) is 4.52. The van der Waals surface area contributed by atoms with E-state index in [1.54, 1.807) is 4.90 Å². The van der Waals surface area contributed by atoms with E-state index in [1.807, 2.05) is 92.7 Å². The molecular weight excluding hydrogens is 444 g/mol. The van der Waals surface area contributed by atoms with Crippen LogP contribution in [0.25, 0.3) is 6.08 Å². The maximum Gasteiger partial charge on any atom is 0.271 e. The Kier molecular flexibility index (Phi) is 5.69. The number of amidine groups is 1. The van der Waals surface area contributed by atoms with Gasteiger partial charge in [0.15, 0.2) is 5.17 Å². The summed E-state index contributed by atoms with van der Waals surface area (Å²) in [5.41, 5.74) is 4.86. The van der Waals surface area contributed by atoms with Crippen LogP contribution in [0.3, 0.4) is 0 Å². The van der Waals surface area contributed by atoms with Crippen LogP contribution in [0.1, 0.15) is 16.7 Å². The van der Waals surface area contributed by atoms with Gasteiger partial charge in [0.05, 0.1) is 16.3 Å². The number of hydrogen-bond acceptors (Lipinski definition) is 3. The average molecular weight is 463 g/mol. The third-order valence-electron chi connectivity index (χ3n) is 4.44. The Hall–Kier alpha value is -2.63. The predicted molar refractivity (Wildman–Crippen MR) is 127 cm³/mol. The van der Waals surface area contributed by atoms with Crippen LogP contribution in [0.15, 0.2) is 87.2 Å². The highest BCUT2D eigenvalue weighted by molar-refractivity contribution is 9.10. The molecule has 0 aromatic heterocycles. The normalized spacial score (nSPS) is 16.8. The van der Waals surface area contributed by atoms with Crippen LogP contribution in [0.5, 0.6) is 0 Å². The quantitative estimate of drug-likeness (QED) is 0.397. The highest BCUT2D eigenvalue weighted by Gasteiger charge is 2.34. The van der Waals surface area contributed by atoms with Crippen molar-refractivity contribution in [3.63, 3.8) is 0 Å². The molecule has 4 rings (SSSR count). The van der Waals surface area contributed by atoms with Crippen molar-refractivity contribution >= 4 is 56.2 Å². The van der Waals surface area contributed by atoms with Gasteiger partial charge in [0, 0.05) is 4.47 Å². The van der Waals surface area contributed by atoms with Crippen molar-refractivity contribution in [3.05, 3.63) is 98.9 Å². The topological polar surface area (TPSA) is 32.7 Å². The standard InChI is InChI=1S/C24H19BrN2OS/c1-16-6-3-10-20(12-16)26-24-27(21-11-4-7-17(2)13-21)23(28)22(29-24)15-18-8-5-9-19(25)14-18/h3-15H,1-2H3. The Morgan fingerprint density at radius 2 is 1.66 bits per heavy atom. The molecule has 3 aromatic carbocycles. The average Bonchev–Trinajstić information content (AvgIpc) is 2.97. The zero-order valence-corrected chi connectivity index (χ0v) is 18.5. The number of aryl methyl sites for hydroxylation is 2. The SMILES string of the molecule is Cc1cccc(N=C2SC(=Cc3cccc(Br)c3)C(=O)N2c2cccc(C)c2)c1. The number of anilines is 1. The lowest BCUT2D eigenvalue weighted by atomic mass is 10.2. The number of halogens is 1. The lowest BCUT2D eigenvalue weighted by molar-refractivity contribution is -0.113. The molecule has 29 heavy (non-hydrogen) atoms. The maximum atomic E-state index is 13.3. The summed E-state index contributed by atoms with van der Waals surface area (Å²) < 4.78 is 0.978. The molecule has 0 bridgehead atoms. The van der Waals surface area contributed by atoms with Gasteiger partial charge in [-0.05, 0) is 84.8 Å². The van der Waals surface area contributed by atoms with Crippen molar-refractivity contribution in [1.29, 1.82) is 0 Å². The van der Waals surface area contributed by atoms with E-state index >= 15 is 0 Å². The van der Waals surface area contributed by atoms with Crippen molar-refractivity contribution in [2.24, 2.45) is 4.99 Å². The molecule has 1 amide bonds. The van der Waals surface area contributed by atoms with Gasteiger partial charge in [-0.15, -0.1) is 0 Å². The van der Waals surface area contributed by atoms with E-state index in [2.05, 4.69) is 15.9 Å². The molecule has 1 saturated heterocycles. The van der Waals surface area contributed by atoms with Crippen molar-refractivity contribution in [2.75, 3.05) is 4.90 Å². The van der Waals surface area contributed by atoms with Gasteiger partial charge in [-0.3, -0.25) is 9.69 Å². The van der Waals surface area contributed by atoms with E-state index < -0.39 is 0 Å². The van der Waals surface area contributed by atoms with Crippen molar-refractivity contribution in [3.8, 4) is 0 Å². The number of nitrogens with zero attached hydrogens (tertiary/aromatic N) is 2. The molecular formula is C24H19BrN2OS. The van der Waals surface area contributed by atoms with Gasteiger partial charge in [-0.25, -0.2) is 4.99 Å². The first-order valence-corrected chi connectivity index (χ1v) is 10.8. The third-order valence-corrected chi connectivity index (χ3v) is 5.90. The first-order chi connectivity index (χ1) is 14.0. The van der Waals surface area contributed by atoms with Crippen LogP contribution in [-0.2, 0) is 4.79 Å². The number of amides is 1. The van der Waals surface area contributed by atoms with Crippen LogP contribution in [-0.4, -0.2) is 11.1 Å². The second-order valence-electron chi connectivity index (χ2n) is 6.88. The maximum absolute atomic E-state index is 13.3. The summed E-state index contributed by atoms with van der Waals surface area (Å²) in [6.45, 7) is 4.06. The van der Waals surface area contributed by atoms with Crippen LogP contribution in [0.4, 0.5) is 11.4 Å². The summed E-state index contributed by atoms with van der Waals surface area (Å²) in [6, 6.07) is 23.8. The molecule has 1 heterocycles. The summed E-state index contributed by atoms with van der Waals surface area (Å²) in [4.78, 5) is 20.5. The van der Waals surface area contributed by atoms with E-state index in [1.165, 1.54) is 11.8 Å². The highest BCUT2D eigenvalue weighted by atomic mass is 79.9. The summed E-state index contributed by atoms with van der Waals surface area (Å²) in [5, 5.41) is 0.660. The van der Waals surface area contributed by atoms with Crippen molar-refractivity contribution in [1.82, 2.24) is 0 Å². The molecule has 0 spiro atoms. The first kappa shape index (κ1) is 19.7. The van der Waals surface area contributed by atoms with E-state index in [9.17, 15) is 4.79 Å². The molecule has 0 saturated carbocycles. The highest BCUT2D eigenvalue weighted by Crippen LogP contribution is 2.37. The van der Waals surface area contributed by atoms with Gasteiger partial charge in [-0.2, -0.15) is 0 Å². The molecule has 0 N–H and O–H groups in total. The molecule has 0 unspecified atom stereocenters. The number of carbonyl (C=O) groups excluding carboxylic acids is 1. The molecule has 5 heteroatoms. The molecule has 3 nitrogen and oxygen atoms in total. The van der Waals surface area contributed by atoms with Gasteiger partial charge in [0.25, 0.3) is 5.91 Å². The van der Waals surface area contributed by atoms with Crippen LogP contribution in [0.2, 0.25) is 0 Å². The Bertz CT molecular complexity index is 1150. The van der Waals surface area contributed by atoms with Crippen LogP contribution >= 0.6 is 27.7 Å². The van der Waals surface area contributed by atoms with Crippen LogP contribution < -0.4 is 4.90 Å². The van der Waals surface area contributed by atoms with Gasteiger partial charge in [0.2, 0.25) is 0 Å². The number of carbonyl (C=O) groups is 1. The summed E-state index contributed by atoms with van der Waals surface area (Å²) in [6.07, 6.45) is 1.92. The second kappa shape index (κ2) is 8.39. The number of aliphatic imine (C=N–C) groups is 1. The fraction of sp³-hybridized carbons (Fsp3) is 0.0833. The largest absolute Gasteiger partial charge is 0.271 e. The number of rotatable bonds is 3. The zero-order chi connectivity index (χ0) is 20.4. The Morgan fingerprint density at radius 1 is 0.931 bits per heavy atom. The first-order valence-electron chi connectivity index (χ1n) is 9.21. The van der Waals surface area contributed by atoms with Gasteiger partial charge in [0.1, 0.15) is 0 Å². The molecule has 1 aliphatic heterocycles. The minimum absolute atomic E-state index is 0.0630. The van der Waals surface area contributed by atoms with Crippen molar-refractivity contribution in [2.45, 2.75) is 13.8 Å². The minimum Gasteiger partial charge on any atom is -0.268 e.